The summed E-state index contributed by atoms with van der Waals surface area (Å²) in [5, 5.41) is 9.93. The molecule has 1 aromatic rings. The van der Waals surface area contributed by atoms with Crippen LogP contribution in [0.5, 0.6) is 0 Å². The van der Waals surface area contributed by atoms with E-state index in [2.05, 4.69) is 0 Å². The van der Waals surface area contributed by atoms with Gasteiger partial charge in [-0.1, -0.05) is 13.8 Å². The first kappa shape index (κ1) is 11.2. The van der Waals surface area contributed by atoms with Gasteiger partial charge in [0, 0.05) is 13.1 Å². The van der Waals surface area contributed by atoms with Crippen molar-refractivity contribution in [3.63, 3.8) is 0 Å². The van der Waals surface area contributed by atoms with Crippen molar-refractivity contribution in [3.8, 4) is 0 Å². The van der Waals surface area contributed by atoms with Gasteiger partial charge in [-0.3, -0.25) is 4.79 Å². The molecule has 1 aliphatic rings. The van der Waals surface area contributed by atoms with Crippen LogP contribution in [-0.4, -0.2) is 35.1 Å². The number of rotatable bonds is 1. The van der Waals surface area contributed by atoms with Crippen molar-refractivity contribution in [2.45, 2.75) is 26.4 Å². The molecule has 2 rings (SSSR count). The molecule has 16 heavy (non-hydrogen) atoms. The molecule has 0 aromatic carbocycles. The Kier molecular flexibility index (Phi) is 2.76. The van der Waals surface area contributed by atoms with E-state index in [1.54, 1.807) is 17.0 Å². The molecule has 1 saturated heterocycles. The zero-order valence-electron chi connectivity index (χ0n) is 9.64. The van der Waals surface area contributed by atoms with E-state index in [1.807, 2.05) is 13.8 Å². The Labute approximate surface area is 94.9 Å². The number of amides is 1. The third kappa shape index (κ3) is 1.97. The summed E-state index contributed by atoms with van der Waals surface area (Å²) in [6.45, 7) is 5.09. The van der Waals surface area contributed by atoms with Crippen LogP contribution in [0.2, 0.25) is 0 Å². The third-order valence-corrected chi connectivity index (χ3v) is 3.34. The summed E-state index contributed by atoms with van der Waals surface area (Å²) in [4.78, 5) is 13.6. The molecule has 0 radical (unpaired) electrons. The van der Waals surface area contributed by atoms with Crippen molar-refractivity contribution in [3.05, 3.63) is 24.2 Å². The van der Waals surface area contributed by atoms with Crippen LogP contribution >= 0.6 is 0 Å². The maximum Gasteiger partial charge on any atom is 0.289 e. The average Bonchev–Trinajstić information content (AvgIpc) is 2.74. The zero-order valence-corrected chi connectivity index (χ0v) is 9.64. The van der Waals surface area contributed by atoms with Crippen LogP contribution in [0.15, 0.2) is 22.8 Å². The summed E-state index contributed by atoms with van der Waals surface area (Å²) in [5.41, 5.74) is -0.111. The first-order valence-electron chi connectivity index (χ1n) is 5.51. The Morgan fingerprint density at radius 2 is 2.38 bits per heavy atom. The number of furan rings is 1. The Hall–Kier alpha value is -1.29. The van der Waals surface area contributed by atoms with E-state index in [0.29, 0.717) is 18.8 Å². The number of hydrogen-bond acceptors (Lipinski definition) is 3. The minimum Gasteiger partial charge on any atom is -0.459 e. The van der Waals surface area contributed by atoms with Crippen LogP contribution in [0.4, 0.5) is 0 Å². The Morgan fingerprint density at radius 3 is 2.94 bits per heavy atom. The van der Waals surface area contributed by atoms with E-state index < -0.39 is 6.10 Å². The minimum absolute atomic E-state index is 0.111. The molecule has 1 aromatic heterocycles. The van der Waals surface area contributed by atoms with Gasteiger partial charge in [0.05, 0.1) is 12.4 Å². The number of hydrogen-bond donors (Lipinski definition) is 1. The SMILES string of the molecule is CC1(C)CCN(C(=O)c2ccco2)CC1O. The summed E-state index contributed by atoms with van der Waals surface area (Å²) in [6.07, 6.45) is 1.82. The molecular formula is C12H17NO3. The molecule has 1 N–H and O–H groups in total. The van der Waals surface area contributed by atoms with Crippen LogP contribution in [0.25, 0.3) is 0 Å². The number of piperidine rings is 1. The monoisotopic (exact) mass is 223 g/mol. The topological polar surface area (TPSA) is 53.7 Å². The fourth-order valence-electron chi connectivity index (χ4n) is 1.88. The predicted molar refractivity (Wildman–Crippen MR) is 59.0 cm³/mol. The average molecular weight is 223 g/mol. The molecule has 0 spiro atoms. The first-order chi connectivity index (χ1) is 7.50. The Bertz CT molecular complexity index is 370. The first-order valence-corrected chi connectivity index (χ1v) is 5.51. The predicted octanol–water partition coefficient (Wildman–Crippen LogP) is 1.51. The van der Waals surface area contributed by atoms with Gasteiger partial charge in [0.1, 0.15) is 0 Å². The van der Waals surface area contributed by atoms with Gasteiger partial charge in [0.25, 0.3) is 5.91 Å². The maximum atomic E-state index is 11.9. The lowest BCUT2D eigenvalue weighted by Crippen LogP contribution is -2.50. The lowest BCUT2D eigenvalue weighted by Gasteiger charge is -2.40. The van der Waals surface area contributed by atoms with Crippen molar-refractivity contribution in [2.24, 2.45) is 5.41 Å². The number of aliphatic hydroxyl groups excluding tert-OH is 1. The van der Waals surface area contributed by atoms with Crippen molar-refractivity contribution >= 4 is 5.91 Å². The molecule has 0 bridgehead atoms. The normalized spacial score (nSPS) is 24.4. The van der Waals surface area contributed by atoms with Gasteiger partial charge in [0.15, 0.2) is 5.76 Å². The van der Waals surface area contributed by atoms with Gasteiger partial charge in [0.2, 0.25) is 0 Å². The fourth-order valence-corrected chi connectivity index (χ4v) is 1.88. The second-order valence-electron chi connectivity index (χ2n) is 4.98. The summed E-state index contributed by atoms with van der Waals surface area (Å²) >= 11 is 0. The number of likely N-dealkylation sites (tertiary alicyclic amines) is 1. The van der Waals surface area contributed by atoms with E-state index in [-0.39, 0.29) is 11.3 Å². The summed E-state index contributed by atoms with van der Waals surface area (Å²) < 4.78 is 5.06. The number of nitrogens with zero attached hydrogens (tertiary/aromatic N) is 1. The van der Waals surface area contributed by atoms with E-state index in [9.17, 15) is 9.90 Å². The Morgan fingerprint density at radius 1 is 1.62 bits per heavy atom. The van der Waals surface area contributed by atoms with Gasteiger partial charge in [-0.25, -0.2) is 0 Å². The number of carbonyl (C=O) groups excluding carboxylic acids is 1. The molecule has 0 saturated carbocycles. The molecular weight excluding hydrogens is 206 g/mol. The maximum absolute atomic E-state index is 11.9. The van der Waals surface area contributed by atoms with E-state index in [0.717, 1.165) is 6.42 Å². The van der Waals surface area contributed by atoms with Crippen LogP contribution in [-0.2, 0) is 0 Å². The Balaban J connectivity index is 2.06. The van der Waals surface area contributed by atoms with Crippen LogP contribution in [0.3, 0.4) is 0 Å². The van der Waals surface area contributed by atoms with Gasteiger partial charge in [-0.05, 0) is 24.0 Å². The van der Waals surface area contributed by atoms with Crippen LogP contribution in [0.1, 0.15) is 30.8 Å². The highest BCUT2D eigenvalue weighted by atomic mass is 16.3. The largest absolute Gasteiger partial charge is 0.459 e. The molecule has 1 fully saturated rings. The van der Waals surface area contributed by atoms with Crippen molar-refractivity contribution in [1.82, 2.24) is 4.90 Å². The lowest BCUT2D eigenvalue weighted by molar-refractivity contribution is -0.0199. The molecule has 0 aliphatic carbocycles. The highest BCUT2D eigenvalue weighted by molar-refractivity contribution is 5.91. The highest BCUT2D eigenvalue weighted by Gasteiger charge is 2.36. The molecule has 88 valence electrons. The molecule has 2 heterocycles. The standard InChI is InChI=1S/C12H17NO3/c1-12(2)5-6-13(8-10(12)14)11(15)9-4-3-7-16-9/h3-4,7,10,14H,5-6,8H2,1-2H3. The number of aliphatic hydroxyl groups is 1. The molecule has 1 unspecified atom stereocenters. The van der Waals surface area contributed by atoms with Crippen LogP contribution < -0.4 is 0 Å². The molecule has 1 atom stereocenters. The second-order valence-corrected chi connectivity index (χ2v) is 4.98. The van der Waals surface area contributed by atoms with E-state index in [1.165, 1.54) is 6.26 Å². The van der Waals surface area contributed by atoms with Gasteiger partial charge in [-0.2, -0.15) is 0 Å². The minimum atomic E-state index is -0.472. The fraction of sp³-hybridized carbons (Fsp3) is 0.583. The zero-order chi connectivity index (χ0) is 11.8. The quantitative estimate of drug-likeness (QED) is 0.785. The van der Waals surface area contributed by atoms with Crippen molar-refractivity contribution < 1.29 is 14.3 Å². The lowest BCUT2D eigenvalue weighted by atomic mass is 9.80. The highest BCUT2D eigenvalue weighted by Crippen LogP contribution is 2.30. The summed E-state index contributed by atoms with van der Waals surface area (Å²) in [5.74, 6) is 0.200. The van der Waals surface area contributed by atoms with Crippen molar-refractivity contribution in [1.29, 1.82) is 0 Å². The summed E-state index contributed by atoms with van der Waals surface area (Å²) in [6, 6.07) is 3.34. The second kappa shape index (κ2) is 3.94. The van der Waals surface area contributed by atoms with E-state index in [4.69, 9.17) is 4.42 Å². The van der Waals surface area contributed by atoms with Crippen molar-refractivity contribution in [2.75, 3.05) is 13.1 Å². The molecule has 1 aliphatic heterocycles. The molecule has 1 amide bonds. The van der Waals surface area contributed by atoms with E-state index >= 15 is 0 Å². The van der Waals surface area contributed by atoms with Gasteiger partial charge < -0.3 is 14.4 Å². The van der Waals surface area contributed by atoms with Crippen LogP contribution in [0, 0.1) is 5.41 Å². The van der Waals surface area contributed by atoms with Gasteiger partial charge >= 0.3 is 0 Å². The summed E-state index contributed by atoms with van der Waals surface area (Å²) in [7, 11) is 0. The smallest absolute Gasteiger partial charge is 0.289 e. The molecule has 4 heteroatoms. The number of carbonyl (C=O) groups is 1. The number of β-amino-alcohol motifs (C(OH)–C–C–N with tert-alkyl or cyclic N) is 1. The third-order valence-electron chi connectivity index (χ3n) is 3.34. The van der Waals surface area contributed by atoms with Gasteiger partial charge in [-0.15, -0.1) is 0 Å². The molecule has 4 nitrogen and oxygen atoms in total.